The number of hydrogen-bond acceptors (Lipinski definition) is 3. The molecule has 19 heavy (non-hydrogen) atoms. The first-order chi connectivity index (χ1) is 8.90. The SMILES string of the molecule is O=S(=O)(Nc1cc(Cl)cnc1Br)c1ccccc1F. The minimum absolute atomic E-state index is 0.135. The van der Waals surface area contributed by atoms with Gasteiger partial charge in [-0.15, -0.1) is 0 Å². The first kappa shape index (κ1) is 14.2. The second-order valence-corrected chi connectivity index (χ2v) is 6.37. The second kappa shape index (κ2) is 5.44. The van der Waals surface area contributed by atoms with E-state index in [2.05, 4.69) is 25.6 Å². The largest absolute Gasteiger partial charge is 0.277 e. The minimum atomic E-state index is -4.04. The monoisotopic (exact) mass is 364 g/mol. The lowest BCUT2D eigenvalue weighted by molar-refractivity contribution is 0.570. The van der Waals surface area contributed by atoms with Gasteiger partial charge in [-0.05, 0) is 34.1 Å². The van der Waals surface area contributed by atoms with E-state index in [0.29, 0.717) is 0 Å². The molecule has 0 radical (unpaired) electrons. The maximum Gasteiger partial charge on any atom is 0.264 e. The minimum Gasteiger partial charge on any atom is -0.277 e. The third-order valence-corrected chi connectivity index (χ3v) is 4.41. The van der Waals surface area contributed by atoms with Gasteiger partial charge < -0.3 is 0 Å². The fraction of sp³-hybridized carbons (Fsp3) is 0. The van der Waals surface area contributed by atoms with E-state index in [1.165, 1.54) is 30.5 Å². The fourth-order valence-corrected chi connectivity index (χ4v) is 3.10. The molecule has 0 amide bonds. The molecule has 0 aliphatic heterocycles. The van der Waals surface area contributed by atoms with Crippen molar-refractivity contribution in [2.24, 2.45) is 0 Å². The molecule has 0 atom stereocenters. The number of nitrogens with zero attached hydrogens (tertiary/aromatic N) is 1. The Kier molecular flexibility index (Phi) is 4.07. The topological polar surface area (TPSA) is 59.1 Å². The Bertz CT molecular complexity index is 724. The summed E-state index contributed by atoms with van der Waals surface area (Å²) >= 11 is 8.81. The molecular formula is C11H7BrClFN2O2S. The number of nitrogens with one attached hydrogen (secondary N) is 1. The smallest absolute Gasteiger partial charge is 0.264 e. The van der Waals surface area contributed by atoms with Gasteiger partial charge in [0, 0.05) is 6.20 Å². The Morgan fingerprint density at radius 2 is 2.00 bits per heavy atom. The molecule has 0 saturated heterocycles. The van der Waals surface area contributed by atoms with Crippen molar-refractivity contribution in [1.29, 1.82) is 0 Å². The molecule has 1 aromatic heterocycles. The maximum absolute atomic E-state index is 13.5. The van der Waals surface area contributed by atoms with E-state index in [0.717, 1.165) is 6.07 Å². The van der Waals surface area contributed by atoms with Gasteiger partial charge in [0.1, 0.15) is 15.3 Å². The molecular weight excluding hydrogens is 359 g/mol. The quantitative estimate of drug-likeness (QED) is 0.848. The summed E-state index contributed by atoms with van der Waals surface area (Å²) in [5.41, 5.74) is 0.135. The second-order valence-electron chi connectivity index (χ2n) is 3.53. The molecule has 0 aliphatic carbocycles. The normalized spacial score (nSPS) is 11.3. The van der Waals surface area contributed by atoms with Crippen LogP contribution in [0.5, 0.6) is 0 Å². The van der Waals surface area contributed by atoms with Crippen LogP contribution in [-0.2, 0) is 10.0 Å². The number of sulfonamides is 1. The molecule has 2 rings (SSSR count). The van der Waals surface area contributed by atoms with Crippen LogP contribution in [0.3, 0.4) is 0 Å². The van der Waals surface area contributed by atoms with Crippen LogP contribution >= 0.6 is 27.5 Å². The van der Waals surface area contributed by atoms with Crippen LogP contribution < -0.4 is 4.72 Å². The highest BCUT2D eigenvalue weighted by molar-refractivity contribution is 9.10. The number of halogens is 3. The molecule has 0 fully saturated rings. The van der Waals surface area contributed by atoms with Gasteiger partial charge in [-0.2, -0.15) is 0 Å². The first-order valence-corrected chi connectivity index (χ1v) is 7.64. The third kappa shape index (κ3) is 3.23. The van der Waals surface area contributed by atoms with Gasteiger partial charge >= 0.3 is 0 Å². The average molecular weight is 366 g/mol. The summed E-state index contributed by atoms with van der Waals surface area (Å²) in [5, 5.41) is 0.259. The number of pyridine rings is 1. The van der Waals surface area contributed by atoms with Crippen LogP contribution in [-0.4, -0.2) is 13.4 Å². The van der Waals surface area contributed by atoms with Crippen molar-refractivity contribution in [1.82, 2.24) is 4.98 Å². The Morgan fingerprint density at radius 3 is 2.68 bits per heavy atom. The summed E-state index contributed by atoms with van der Waals surface area (Å²) in [6.07, 6.45) is 1.35. The summed E-state index contributed by atoms with van der Waals surface area (Å²) in [4.78, 5) is 3.40. The van der Waals surface area contributed by atoms with E-state index in [4.69, 9.17) is 11.6 Å². The van der Waals surface area contributed by atoms with Crippen molar-refractivity contribution in [3.8, 4) is 0 Å². The molecule has 8 heteroatoms. The molecule has 1 aromatic carbocycles. The van der Waals surface area contributed by atoms with Crippen molar-refractivity contribution in [2.45, 2.75) is 4.90 Å². The van der Waals surface area contributed by atoms with Gasteiger partial charge in [-0.25, -0.2) is 17.8 Å². The van der Waals surface area contributed by atoms with Gasteiger partial charge in [0.25, 0.3) is 10.0 Å². The number of hydrogen-bond donors (Lipinski definition) is 1. The van der Waals surface area contributed by atoms with Crippen molar-refractivity contribution >= 4 is 43.2 Å². The molecule has 100 valence electrons. The van der Waals surface area contributed by atoms with Crippen LogP contribution in [0.25, 0.3) is 0 Å². The average Bonchev–Trinajstić information content (AvgIpc) is 2.34. The number of aromatic nitrogens is 1. The zero-order valence-electron chi connectivity index (χ0n) is 9.27. The van der Waals surface area contributed by atoms with E-state index >= 15 is 0 Å². The molecule has 4 nitrogen and oxygen atoms in total. The van der Waals surface area contributed by atoms with Crippen LogP contribution in [0.15, 0.2) is 46.0 Å². The number of anilines is 1. The zero-order valence-corrected chi connectivity index (χ0v) is 12.4. The predicted octanol–water partition coefficient (Wildman–Crippen LogP) is 3.44. The lowest BCUT2D eigenvalue weighted by Crippen LogP contribution is -2.15. The molecule has 0 spiro atoms. The fourth-order valence-electron chi connectivity index (χ4n) is 1.36. The molecule has 0 saturated carbocycles. The van der Waals surface area contributed by atoms with Crippen LogP contribution in [0.2, 0.25) is 5.02 Å². The molecule has 0 unspecified atom stereocenters. The molecule has 1 N–H and O–H groups in total. The van der Waals surface area contributed by atoms with Gasteiger partial charge in [-0.1, -0.05) is 23.7 Å². The van der Waals surface area contributed by atoms with Crippen molar-refractivity contribution < 1.29 is 12.8 Å². The highest BCUT2D eigenvalue weighted by Crippen LogP contribution is 2.26. The van der Waals surface area contributed by atoms with Gasteiger partial charge in [-0.3, -0.25) is 4.72 Å². The molecule has 0 aliphatic rings. The Balaban J connectivity index is 2.43. The Morgan fingerprint density at radius 1 is 1.32 bits per heavy atom. The van der Waals surface area contributed by atoms with E-state index in [-0.39, 0.29) is 15.3 Å². The summed E-state index contributed by atoms with van der Waals surface area (Å²) in [7, 11) is -4.04. The molecule has 0 bridgehead atoms. The summed E-state index contributed by atoms with van der Waals surface area (Å²) in [6, 6.07) is 6.45. The van der Waals surface area contributed by atoms with Gasteiger partial charge in [0.15, 0.2) is 0 Å². The first-order valence-electron chi connectivity index (χ1n) is 4.98. The maximum atomic E-state index is 13.5. The number of benzene rings is 1. The lowest BCUT2D eigenvalue weighted by Gasteiger charge is -2.10. The number of rotatable bonds is 3. The summed E-state index contributed by atoms with van der Waals surface area (Å²) in [6.45, 7) is 0. The van der Waals surface area contributed by atoms with Crippen molar-refractivity contribution in [3.05, 3.63) is 52.0 Å². The summed E-state index contributed by atoms with van der Waals surface area (Å²) < 4.78 is 40.1. The van der Waals surface area contributed by atoms with Crippen molar-refractivity contribution in [2.75, 3.05) is 4.72 Å². The van der Waals surface area contributed by atoms with Crippen LogP contribution in [0.1, 0.15) is 0 Å². The van der Waals surface area contributed by atoms with E-state index in [1.807, 2.05) is 0 Å². The Labute approximate surface area is 122 Å². The van der Waals surface area contributed by atoms with E-state index in [9.17, 15) is 12.8 Å². The zero-order chi connectivity index (χ0) is 14.0. The summed E-state index contributed by atoms with van der Waals surface area (Å²) in [5.74, 6) is -0.832. The van der Waals surface area contributed by atoms with Crippen LogP contribution in [0.4, 0.5) is 10.1 Å². The Hall–Kier alpha value is -1.18. The van der Waals surface area contributed by atoms with Crippen LogP contribution in [0, 0.1) is 5.82 Å². The highest BCUT2D eigenvalue weighted by Gasteiger charge is 2.20. The lowest BCUT2D eigenvalue weighted by atomic mass is 10.4. The van der Waals surface area contributed by atoms with E-state index < -0.39 is 20.7 Å². The van der Waals surface area contributed by atoms with Gasteiger partial charge in [0.05, 0.1) is 10.7 Å². The van der Waals surface area contributed by atoms with Crippen molar-refractivity contribution in [3.63, 3.8) is 0 Å². The standard InChI is InChI=1S/C11H7BrClFN2O2S/c12-11-9(5-7(13)6-15-11)16-19(17,18)10-4-2-1-3-8(10)14/h1-6,16H. The molecule has 1 heterocycles. The van der Waals surface area contributed by atoms with E-state index in [1.54, 1.807) is 0 Å². The third-order valence-electron chi connectivity index (χ3n) is 2.18. The van der Waals surface area contributed by atoms with Gasteiger partial charge in [0.2, 0.25) is 0 Å². The highest BCUT2D eigenvalue weighted by atomic mass is 79.9. The molecule has 2 aromatic rings. The predicted molar refractivity (Wildman–Crippen MR) is 74.2 cm³/mol.